The minimum absolute atomic E-state index is 0.0559. The minimum atomic E-state index is 0.0559. The maximum atomic E-state index is 4.32. The van der Waals surface area contributed by atoms with Crippen molar-refractivity contribution in [3.63, 3.8) is 0 Å². The van der Waals surface area contributed by atoms with E-state index in [1.807, 2.05) is 6.08 Å². The Morgan fingerprint density at radius 1 is 0.651 bits per heavy atom. The molecule has 0 N–H and O–H groups in total. The summed E-state index contributed by atoms with van der Waals surface area (Å²) < 4.78 is 7.59. The van der Waals surface area contributed by atoms with Crippen molar-refractivity contribution in [3.05, 3.63) is 133 Å². The van der Waals surface area contributed by atoms with Gasteiger partial charge in [0.05, 0.1) is 33.4 Å². The van der Waals surface area contributed by atoms with Crippen LogP contribution in [-0.2, 0) is 0 Å². The summed E-state index contributed by atoms with van der Waals surface area (Å²) >= 11 is 0. The smallest absolute Gasteiger partial charge is 0.273 e. The summed E-state index contributed by atoms with van der Waals surface area (Å²) in [6.45, 7) is 6.48. The number of hydrogen-bond acceptors (Lipinski definition) is 0. The van der Waals surface area contributed by atoms with Gasteiger partial charge in [0, 0.05) is 44.1 Å². The monoisotopic (exact) mass is 547 g/mol. The molecule has 0 aliphatic carbocycles. The van der Waals surface area contributed by atoms with Gasteiger partial charge < -0.3 is 13.7 Å². The van der Waals surface area contributed by atoms with Gasteiger partial charge in [-0.3, -0.25) is 0 Å². The summed E-state index contributed by atoms with van der Waals surface area (Å²) in [6, 6.07) is 40.2. The molecule has 0 bridgehead atoms. The number of benzene rings is 5. The first kappa shape index (κ1) is 23.1. The molecule has 0 saturated heterocycles. The van der Waals surface area contributed by atoms with Gasteiger partial charge in [-0.15, -0.1) is 0 Å². The third-order valence-corrected chi connectivity index (χ3v) is 9.70. The summed E-state index contributed by atoms with van der Waals surface area (Å²) in [7, 11) is 0. The second-order valence-electron chi connectivity index (χ2n) is 11.7. The molecule has 3 nitrogen and oxygen atoms in total. The van der Waals surface area contributed by atoms with Gasteiger partial charge in [-0.2, -0.15) is 0 Å². The van der Waals surface area contributed by atoms with Crippen molar-refractivity contribution in [1.29, 1.82) is 0 Å². The number of nitrogens with zero attached hydrogens (tertiary/aromatic N) is 3. The molecular formula is C39H26BN3. The number of allylic oxidation sites excluding steroid dienone is 1. The average molecular weight is 547 g/mol. The van der Waals surface area contributed by atoms with E-state index < -0.39 is 0 Å². The molecule has 0 spiro atoms. The molecule has 8 aromatic rings. The predicted octanol–water partition coefficient (Wildman–Crippen LogP) is 7.49. The fourth-order valence-electron chi connectivity index (χ4n) is 8.24. The first-order chi connectivity index (χ1) is 21.3. The Labute approximate surface area is 249 Å². The van der Waals surface area contributed by atoms with E-state index in [1.54, 1.807) is 0 Å². The highest BCUT2D eigenvalue weighted by Crippen LogP contribution is 2.43. The first-order valence-corrected chi connectivity index (χ1v) is 15.0. The van der Waals surface area contributed by atoms with Crippen molar-refractivity contribution in [1.82, 2.24) is 13.7 Å². The maximum Gasteiger partial charge on any atom is 0.273 e. The third-order valence-electron chi connectivity index (χ3n) is 9.70. The fraction of sp³-hybridized carbons (Fsp3) is 0.0256. The largest absolute Gasteiger partial charge is 0.319 e. The van der Waals surface area contributed by atoms with Crippen LogP contribution in [0.1, 0.15) is 18.2 Å². The van der Waals surface area contributed by atoms with E-state index in [-0.39, 0.29) is 6.71 Å². The Hall–Kier alpha value is -5.48. The Kier molecular flexibility index (Phi) is 4.35. The molecule has 0 unspecified atom stereocenters. The zero-order chi connectivity index (χ0) is 28.4. The molecule has 0 radical (unpaired) electrons. The molecule has 5 heterocycles. The SMILES string of the molecule is C=Cc1c(/C=C\C)n2c3c4c5c(cc13)c1ccccc1n5-c1c(n(-c3ccccc3)c3ccccc13)B4c1ccccc1-2. The van der Waals surface area contributed by atoms with Gasteiger partial charge in [0.2, 0.25) is 0 Å². The van der Waals surface area contributed by atoms with Crippen LogP contribution >= 0.6 is 0 Å². The molecule has 2 aliphatic rings. The summed E-state index contributed by atoms with van der Waals surface area (Å²) in [5.74, 6) is 0. The quantitative estimate of drug-likeness (QED) is 0.204. The highest BCUT2D eigenvalue weighted by atomic mass is 15.1. The molecule has 43 heavy (non-hydrogen) atoms. The van der Waals surface area contributed by atoms with E-state index >= 15 is 0 Å². The molecule has 0 amide bonds. The van der Waals surface area contributed by atoms with Crippen LogP contribution in [0.3, 0.4) is 0 Å². The second kappa shape index (κ2) is 8.08. The third kappa shape index (κ3) is 2.64. The lowest BCUT2D eigenvalue weighted by Crippen LogP contribution is -2.61. The lowest BCUT2D eigenvalue weighted by atomic mass is 9.35. The van der Waals surface area contributed by atoms with E-state index in [0.29, 0.717) is 0 Å². The van der Waals surface area contributed by atoms with Crippen molar-refractivity contribution in [3.8, 4) is 17.1 Å². The van der Waals surface area contributed by atoms with Gasteiger partial charge in [-0.1, -0.05) is 91.5 Å². The van der Waals surface area contributed by atoms with E-state index in [2.05, 4.69) is 149 Å². The van der Waals surface area contributed by atoms with Crippen LogP contribution in [0.25, 0.3) is 72.8 Å². The van der Waals surface area contributed by atoms with Crippen LogP contribution in [0.15, 0.2) is 122 Å². The maximum absolute atomic E-state index is 4.32. The minimum Gasteiger partial charge on any atom is -0.319 e. The van der Waals surface area contributed by atoms with Crippen LogP contribution in [0.4, 0.5) is 0 Å². The lowest BCUT2D eigenvalue weighted by molar-refractivity contribution is 1.10. The van der Waals surface area contributed by atoms with Gasteiger partial charge in [-0.25, -0.2) is 0 Å². The van der Waals surface area contributed by atoms with E-state index in [9.17, 15) is 0 Å². The molecule has 0 atom stereocenters. The number of fused-ring (bicyclic) bond motifs is 11. The van der Waals surface area contributed by atoms with Crippen LogP contribution in [0.2, 0.25) is 0 Å². The Morgan fingerprint density at radius 3 is 2.12 bits per heavy atom. The molecule has 0 saturated carbocycles. The average Bonchev–Trinajstić information content (AvgIpc) is 3.69. The molecule has 3 aromatic heterocycles. The van der Waals surface area contributed by atoms with Crippen molar-refractivity contribution in [2.24, 2.45) is 0 Å². The molecular weight excluding hydrogens is 521 g/mol. The van der Waals surface area contributed by atoms with Gasteiger partial charge in [0.1, 0.15) is 0 Å². The highest BCUT2D eigenvalue weighted by Gasteiger charge is 2.44. The molecule has 5 aromatic carbocycles. The number of para-hydroxylation sites is 4. The summed E-state index contributed by atoms with van der Waals surface area (Å²) in [4.78, 5) is 0. The normalized spacial score (nSPS) is 13.2. The van der Waals surface area contributed by atoms with Crippen LogP contribution in [0, 0.1) is 0 Å². The van der Waals surface area contributed by atoms with Gasteiger partial charge >= 0.3 is 0 Å². The van der Waals surface area contributed by atoms with E-state index in [1.165, 1.54) is 88.5 Å². The fourth-order valence-corrected chi connectivity index (χ4v) is 8.24. The summed E-state index contributed by atoms with van der Waals surface area (Å²) in [6.07, 6.45) is 6.43. The van der Waals surface area contributed by atoms with E-state index in [0.717, 1.165) is 0 Å². The van der Waals surface area contributed by atoms with Crippen LogP contribution in [0.5, 0.6) is 0 Å². The standard InChI is InChI=1S/C39H26BN3/c1-3-14-31-25(4-2)28-23-29-26-17-8-11-20-32(26)43-37(29)35-36(28)42(31)34-22-13-10-19-30(34)40(35)39-38(43)27-18-9-12-21-33(27)41(39)24-15-6-5-7-16-24/h3-23H,2H2,1H3/b14-3-. The second-order valence-corrected chi connectivity index (χ2v) is 11.7. The van der Waals surface area contributed by atoms with Crippen LogP contribution < -0.4 is 16.5 Å². The van der Waals surface area contributed by atoms with Gasteiger partial charge in [0.15, 0.2) is 0 Å². The van der Waals surface area contributed by atoms with Crippen LogP contribution in [-0.4, -0.2) is 20.4 Å². The Bertz CT molecular complexity index is 2540. The lowest BCUT2D eigenvalue weighted by Gasteiger charge is -2.33. The predicted molar refractivity (Wildman–Crippen MR) is 184 cm³/mol. The van der Waals surface area contributed by atoms with Crippen molar-refractivity contribution in [2.75, 3.05) is 0 Å². The Morgan fingerprint density at radius 2 is 1.33 bits per heavy atom. The van der Waals surface area contributed by atoms with Crippen molar-refractivity contribution >= 4 is 79.0 Å². The Balaban J connectivity index is 1.55. The summed E-state index contributed by atoms with van der Waals surface area (Å²) in [5, 5.41) is 5.12. The van der Waals surface area contributed by atoms with E-state index in [4.69, 9.17) is 0 Å². The zero-order valence-electron chi connectivity index (χ0n) is 23.8. The molecule has 4 heteroatoms. The van der Waals surface area contributed by atoms with Crippen molar-refractivity contribution in [2.45, 2.75) is 6.92 Å². The topological polar surface area (TPSA) is 14.8 Å². The molecule has 10 rings (SSSR count). The highest BCUT2D eigenvalue weighted by molar-refractivity contribution is 7.00. The number of rotatable bonds is 3. The van der Waals surface area contributed by atoms with Gasteiger partial charge in [-0.05, 0) is 60.3 Å². The number of hydrogen-bond donors (Lipinski definition) is 0. The van der Waals surface area contributed by atoms with Crippen molar-refractivity contribution < 1.29 is 0 Å². The molecule has 2 aliphatic heterocycles. The zero-order valence-corrected chi connectivity index (χ0v) is 23.8. The van der Waals surface area contributed by atoms with Gasteiger partial charge in [0.25, 0.3) is 6.71 Å². The molecule has 200 valence electrons. The summed E-state index contributed by atoms with van der Waals surface area (Å²) in [5.41, 5.74) is 15.2. The number of aromatic nitrogens is 3. The first-order valence-electron chi connectivity index (χ1n) is 15.0. The molecule has 0 fully saturated rings.